The summed E-state index contributed by atoms with van der Waals surface area (Å²) < 4.78 is 16.3. The van der Waals surface area contributed by atoms with Crippen LogP contribution in [0.2, 0.25) is 0 Å². The molecule has 0 radical (unpaired) electrons. The second kappa shape index (κ2) is 9.34. The van der Waals surface area contributed by atoms with E-state index in [1.165, 1.54) is 6.07 Å². The van der Waals surface area contributed by atoms with Crippen molar-refractivity contribution < 1.29 is 24.4 Å². The van der Waals surface area contributed by atoms with Crippen LogP contribution in [0.1, 0.15) is 5.56 Å². The average Bonchev–Trinajstić information content (AvgIpc) is 2.80. The molecule has 0 unspecified atom stereocenters. The lowest BCUT2D eigenvalue weighted by atomic mass is 10.1. The molecule has 0 aliphatic carbocycles. The first kappa shape index (κ1) is 20.5. The number of ether oxygens (including phenoxy) is 3. The molecule has 3 N–H and O–H groups in total. The third kappa shape index (κ3) is 4.53. The summed E-state index contributed by atoms with van der Waals surface area (Å²) in [5, 5.41) is 18.4. The number of aromatic nitrogens is 1. The van der Waals surface area contributed by atoms with E-state index in [1.807, 2.05) is 30.3 Å². The number of aromatic amines is 1. The first-order valence-corrected chi connectivity index (χ1v) is 9.64. The molecular formula is C24H21NO6. The van der Waals surface area contributed by atoms with E-state index in [0.29, 0.717) is 22.3 Å². The lowest BCUT2D eigenvalue weighted by Crippen LogP contribution is -2.08. The van der Waals surface area contributed by atoms with Crippen LogP contribution < -0.4 is 19.6 Å². The monoisotopic (exact) mass is 419 g/mol. The van der Waals surface area contributed by atoms with Crippen LogP contribution in [0.15, 0.2) is 77.6 Å². The van der Waals surface area contributed by atoms with E-state index < -0.39 is 13.6 Å². The third-order valence-corrected chi connectivity index (χ3v) is 4.76. The number of aliphatic hydroxyl groups is 2. The van der Waals surface area contributed by atoms with Crippen molar-refractivity contribution in [2.45, 2.75) is 6.61 Å². The van der Waals surface area contributed by atoms with Gasteiger partial charge in [-0.3, -0.25) is 4.79 Å². The SMILES string of the molecule is O=c1cc(-c2ccc(OCO)cc2)[nH]c2ccc(OCO)c(OCc3ccccc3)c12. The van der Waals surface area contributed by atoms with Crippen molar-refractivity contribution >= 4 is 10.9 Å². The third-order valence-electron chi connectivity index (χ3n) is 4.76. The summed E-state index contributed by atoms with van der Waals surface area (Å²) in [5.74, 6) is 1.08. The average molecular weight is 419 g/mol. The molecule has 31 heavy (non-hydrogen) atoms. The molecule has 0 spiro atoms. The summed E-state index contributed by atoms with van der Waals surface area (Å²) in [7, 11) is 0. The Hall–Kier alpha value is -3.81. The van der Waals surface area contributed by atoms with Gasteiger partial charge in [-0.1, -0.05) is 30.3 Å². The molecule has 7 heteroatoms. The Kier molecular flexibility index (Phi) is 6.16. The molecule has 7 nitrogen and oxygen atoms in total. The zero-order valence-electron chi connectivity index (χ0n) is 16.6. The summed E-state index contributed by atoms with van der Waals surface area (Å²) in [4.78, 5) is 16.3. The van der Waals surface area contributed by atoms with Gasteiger partial charge in [0.2, 0.25) is 0 Å². The minimum atomic E-state index is -0.536. The summed E-state index contributed by atoms with van der Waals surface area (Å²) in [6.45, 7) is -0.698. The lowest BCUT2D eigenvalue weighted by Gasteiger charge is -2.15. The largest absolute Gasteiger partial charge is 0.484 e. The number of hydrogen-bond acceptors (Lipinski definition) is 6. The maximum Gasteiger partial charge on any atom is 0.193 e. The van der Waals surface area contributed by atoms with Gasteiger partial charge >= 0.3 is 0 Å². The van der Waals surface area contributed by atoms with Crippen molar-refractivity contribution in [2.24, 2.45) is 0 Å². The van der Waals surface area contributed by atoms with E-state index in [9.17, 15) is 9.90 Å². The van der Waals surface area contributed by atoms with Gasteiger partial charge in [-0.05, 0) is 47.5 Å². The quantitative estimate of drug-likeness (QED) is 0.378. The van der Waals surface area contributed by atoms with Crippen LogP contribution >= 0.6 is 0 Å². The van der Waals surface area contributed by atoms with E-state index in [4.69, 9.17) is 19.3 Å². The minimum Gasteiger partial charge on any atom is -0.484 e. The highest BCUT2D eigenvalue weighted by molar-refractivity contribution is 5.89. The van der Waals surface area contributed by atoms with Crippen molar-refractivity contribution in [1.82, 2.24) is 4.98 Å². The summed E-state index contributed by atoms with van der Waals surface area (Å²) >= 11 is 0. The van der Waals surface area contributed by atoms with Crippen molar-refractivity contribution in [2.75, 3.05) is 13.6 Å². The van der Waals surface area contributed by atoms with E-state index >= 15 is 0 Å². The first-order chi connectivity index (χ1) is 15.2. The first-order valence-electron chi connectivity index (χ1n) is 9.64. The normalized spacial score (nSPS) is 10.8. The van der Waals surface area contributed by atoms with Crippen molar-refractivity contribution in [3.05, 3.63) is 88.6 Å². The van der Waals surface area contributed by atoms with Gasteiger partial charge in [-0.15, -0.1) is 0 Å². The van der Waals surface area contributed by atoms with Gasteiger partial charge in [-0.25, -0.2) is 0 Å². The van der Waals surface area contributed by atoms with Crippen LogP contribution in [0.4, 0.5) is 0 Å². The fourth-order valence-corrected chi connectivity index (χ4v) is 3.31. The topological polar surface area (TPSA) is 101 Å². The standard InChI is InChI=1S/C24H21NO6/c26-14-30-18-8-6-17(7-9-18)20-12-21(28)23-19(25-20)10-11-22(31-15-27)24(23)29-13-16-4-2-1-3-5-16/h1-12,26-27H,13-15H2,(H,25,28). The van der Waals surface area contributed by atoms with E-state index in [1.54, 1.807) is 36.4 Å². The highest BCUT2D eigenvalue weighted by Gasteiger charge is 2.16. The zero-order valence-corrected chi connectivity index (χ0v) is 16.6. The number of nitrogens with one attached hydrogen (secondary N) is 1. The smallest absolute Gasteiger partial charge is 0.193 e. The molecule has 4 rings (SSSR count). The molecular weight excluding hydrogens is 398 g/mol. The fourth-order valence-electron chi connectivity index (χ4n) is 3.31. The van der Waals surface area contributed by atoms with Crippen molar-refractivity contribution in [3.63, 3.8) is 0 Å². The van der Waals surface area contributed by atoms with Crippen LogP contribution in [0, 0.1) is 0 Å². The summed E-state index contributed by atoms with van der Waals surface area (Å²) in [6, 6.07) is 21.4. The fraction of sp³-hybridized carbons (Fsp3) is 0.125. The predicted molar refractivity (Wildman–Crippen MR) is 116 cm³/mol. The van der Waals surface area contributed by atoms with E-state index in [2.05, 4.69) is 4.98 Å². The van der Waals surface area contributed by atoms with Gasteiger partial charge in [0.25, 0.3) is 0 Å². The van der Waals surface area contributed by atoms with Gasteiger partial charge < -0.3 is 29.4 Å². The molecule has 0 aliphatic rings. The molecule has 0 aliphatic heterocycles. The molecule has 0 atom stereocenters. The van der Waals surface area contributed by atoms with Crippen LogP contribution in [-0.2, 0) is 6.61 Å². The lowest BCUT2D eigenvalue weighted by molar-refractivity contribution is 0.0943. The Labute approximate surface area is 178 Å². The Morgan fingerprint density at radius 3 is 2.26 bits per heavy atom. The molecule has 158 valence electrons. The Morgan fingerprint density at radius 1 is 0.806 bits per heavy atom. The van der Waals surface area contributed by atoms with Crippen LogP contribution in [0.25, 0.3) is 22.2 Å². The van der Waals surface area contributed by atoms with Gasteiger partial charge in [0.15, 0.2) is 30.5 Å². The molecule has 1 aromatic heterocycles. The number of hydrogen-bond donors (Lipinski definition) is 3. The number of benzene rings is 3. The van der Waals surface area contributed by atoms with Crippen LogP contribution in [0.3, 0.4) is 0 Å². The van der Waals surface area contributed by atoms with Gasteiger partial charge in [0.05, 0.1) is 10.9 Å². The van der Waals surface area contributed by atoms with Gasteiger partial charge in [0.1, 0.15) is 12.4 Å². The van der Waals surface area contributed by atoms with Crippen molar-refractivity contribution in [3.8, 4) is 28.5 Å². The molecule has 0 bridgehead atoms. The highest BCUT2D eigenvalue weighted by Crippen LogP contribution is 2.35. The molecule has 0 fully saturated rings. The number of pyridine rings is 1. The van der Waals surface area contributed by atoms with Gasteiger partial charge in [0, 0.05) is 11.8 Å². The molecule has 4 aromatic rings. The minimum absolute atomic E-state index is 0.245. The van der Waals surface area contributed by atoms with Crippen LogP contribution in [0.5, 0.6) is 17.2 Å². The number of fused-ring (bicyclic) bond motifs is 1. The highest BCUT2D eigenvalue weighted by atomic mass is 16.6. The second-order valence-corrected chi connectivity index (χ2v) is 6.71. The number of aliphatic hydroxyl groups excluding tert-OH is 2. The second-order valence-electron chi connectivity index (χ2n) is 6.71. The molecule has 0 saturated heterocycles. The predicted octanol–water partition coefficient (Wildman–Crippen LogP) is 3.43. The molecule has 1 heterocycles. The van der Waals surface area contributed by atoms with Crippen molar-refractivity contribution in [1.29, 1.82) is 0 Å². The van der Waals surface area contributed by atoms with Gasteiger partial charge in [-0.2, -0.15) is 0 Å². The molecule has 0 saturated carbocycles. The van der Waals surface area contributed by atoms with E-state index in [0.717, 1.165) is 11.1 Å². The zero-order chi connectivity index (χ0) is 21.6. The summed E-state index contributed by atoms with van der Waals surface area (Å²) in [6.07, 6.45) is 0. The van der Waals surface area contributed by atoms with Crippen LogP contribution in [-0.4, -0.2) is 28.8 Å². The Bertz CT molecular complexity index is 1220. The number of H-pyrrole nitrogens is 1. The molecule has 3 aromatic carbocycles. The Balaban J connectivity index is 1.75. The maximum atomic E-state index is 13.1. The van der Waals surface area contributed by atoms with E-state index in [-0.39, 0.29) is 23.5 Å². The summed E-state index contributed by atoms with van der Waals surface area (Å²) in [5.41, 5.74) is 2.68. The molecule has 0 amide bonds. The Morgan fingerprint density at radius 2 is 1.55 bits per heavy atom. The maximum absolute atomic E-state index is 13.1. The number of rotatable bonds is 8.